The van der Waals surface area contributed by atoms with Gasteiger partial charge in [-0.2, -0.15) is 0 Å². The van der Waals surface area contributed by atoms with Gasteiger partial charge in [-0.1, -0.05) is 34.6 Å². The van der Waals surface area contributed by atoms with Crippen LogP contribution < -0.4 is 0 Å². The molecule has 0 fully saturated rings. The van der Waals surface area contributed by atoms with Crippen molar-refractivity contribution in [1.82, 2.24) is 0 Å². The van der Waals surface area contributed by atoms with E-state index in [1.807, 2.05) is 0 Å². The number of carbonyl (C=O) groups is 1. The van der Waals surface area contributed by atoms with E-state index in [9.17, 15) is 4.79 Å². The fourth-order valence-corrected chi connectivity index (χ4v) is 1.51. The van der Waals surface area contributed by atoms with Crippen LogP contribution in [0.3, 0.4) is 0 Å². The van der Waals surface area contributed by atoms with Gasteiger partial charge < -0.3 is 4.74 Å². The number of hydrogen-bond donors (Lipinski definition) is 0. The van der Waals surface area contributed by atoms with Crippen LogP contribution in [0.25, 0.3) is 0 Å². The maximum Gasteiger partial charge on any atom is 0.308 e. The highest BCUT2D eigenvalue weighted by molar-refractivity contribution is 5.72. The summed E-state index contributed by atoms with van der Waals surface area (Å²) in [5.74, 6) is 1.25. The lowest BCUT2D eigenvalue weighted by Crippen LogP contribution is -2.19. The second kappa shape index (κ2) is 7.72. The van der Waals surface area contributed by atoms with Crippen LogP contribution in [0.1, 0.15) is 53.9 Å². The molecule has 1 atom stereocenters. The summed E-state index contributed by atoms with van der Waals surface area (Å²) in [7, 11) is 0. The van der Waals surface area contributed by atoms with Crippen molar-refractivity contribution in [2.75, 3.05) is 6.61 Å². The predicted octanol–water partition coefficient (Wildman–Crippen LogP) is 3.65. The summed E-state index contributed by atoms with van der Waals surface area (Å²) in [5.41, 5.74) is 0. The molecule has 0 amide bonds. The van der Waals surface area contributed by atoms with E-state index in [1.165, 1.54) is 0 Å². The molecule has 0 aromatic rings. The number of esters is 1. The summed E-state index contributed by atoms with van der Waals surface area (Å²) >= 11 is 0. The average molecular weight is 214 g/mol. The van der Waals surface area contributed by atoms with Crippen LogP contribution in [0.4, 0.5) is 0 Å². The van der Waals surface area contributed by atoms with Crippen LogP contribution in [0.5, 0.6) is 0 Å². The van der Waals surface area contributed by atoms with Crippen molar-refractivity contribution in [2.45, 2.75) is 53.9 Å². The fourth-order valence-electron chi connectivity index (χ4n) is 1.51. The minimum absolute atomic E-state index is 0.00755. The van der Waals surface area contributed by atoms with Crippen LogP contribution in [-0.2, 0) is 9.53 Å². The number of hydrogen-bond acceptors (Lipinski definition) is 2. The van der Waals surface area contributed by atoms with Gasteiger partial charge in [0.15, 0.2) is 0 Å². The first kappa shape index (κ1) is 14.5. The molecule has 0 N–H and O–H groups in total. The molecule has 0 rings (SSSR count). The Bertz CT molecular complexity index is 173. The van der Waals surface area contributed by atoms with Gasteiger partial charge in [0.25, 0.3) is 0 Å². The smallest absolute Gasteiger partial charge is 0.308 e. The van der Waals surface area contributed by atoms with E-state index in [-0.39, 0.29) is 11.9 Å². The zero-order valence-electron chi connectivity index (χ0n) is 10.9. The molecule has 0 bridgehead atoms. The van der Waals surface area contributed by atoms with E-state index in [0.717, 1.165) is 19.3 Å². The van der Waals surface area contributed by atoms with Crippen molar-refractivity contribution in [2.24, 2.45) is 17.8 Å². The van der Waals surface area contributed by atoms with Gasteiger partial charge in [-0.25, -0.2) is 0 Å². The van der Waals surface area contributed by atoms with Gasteiger partial charge in [-0.05, 0) is 31.1 Å². The van der Waals surface area contributed by atoms with Crippen molar-refractivity contribution in [1.29, 1.82) is 0 Å². The van der Waals surface area contributed by atoms with E-state index in [1.54, 1.807) is 0 Å². The highest BCUT2D eigenvalue weighted by atomic mass is 16.5. The molecule has 0 saturated heterocycles. The van der Waals surface area contributed by atoms with E-state index in [0.29, 0.717) is 18.4 Å². The molecule has 15 heavy (non-hydrogen) atoms. The Kier molecular flexibility index (Phi) is 7.45. The van der Waals surface area contributed by atoms with Crippen LogP contribution in [0.2, 0.25) is 0 Å². The Morgan fingerprint density at radius 3 is 2.13 bits per heavy atom. The van der Waals surface area contributed by atoms with Crippen LogP contribution >= 0.6 is 0 Å². The third kappa shape index (κ3) is 7.40. The van der Waals surface area contributed by atoms with Gasteiger partial charge in [0.05, 0.1) is 12.5 Å². The maximum atomic E-state index is 11.7. The number of ether oxygens (including phenoxy) is 1. The molecule has 0 aliphatic rings. The van der Waals surface area contributed by atoms with Crippen LogP contribution in [-0.4, -0.2) is 12.6 Å². The van der Waals surface area contributed by atoms with Crippen molar-refractivity contribution in [3.63, 3.8) is 0 Å². The Labute approximate surface area is 94.4 Å². The molecule has 1 unspecified atom stereocenters. The quantitative estimate of drug-likeness (QED) is 0.605. The standard InChI is InChI=1S/C13H26O2/c1-6-12(9-11(4)5)13(14)15-8-7-10(2)3/h10-12H,6-9H2,1-5H3. The van der Waals surface area contributed by atoms with Crippen molar-refractivity contribution >= 4 is 5.97 Å². The lowest BCUT2D eigenvalue weighted by Gasteiger charge is -2.16. The monoisotopic (exact) mass is 214 g/mol. The summed E-state index contributed by atoms with van der Waals surface area (Å²) in [5, 5.41) is 0. The van der Waals surface area contributed by atoms with Gasteiger partial charge in [0.2, 0.25) is 0 Å². The molecular weight excluding hydrogens is 188 g/mol. The number of rotatable bonds is 7. The van der Waals surface area contributed by atoms with Gasteiger partial charge in [0, 0.05) is 0 Å². The Morgan fingerprint density at radius 1 is 1.13 bits per heavy atom. The molecule has 0 aromatic heterocycles. The molecule has 90 valence electrons. The molecule has 0 aliphatic carbocycles. The third-order valence-corrected chi connectivity index (χ3v) is 2.52. The predicted molar refractivity (Wildman–Crippen MR) is 63.7 cm³/mol. The second-order valence-electron chi connectivity index (χ2n) is 5.08. The van der Waals surface area contributed by atoms with Gasteiger partial charge in [-0.3, -0.25) is 4.79 Å². The van der Waals surface area contributed by atoms with Crippen molar-refractivity contribution in [3.8, 4) is 0 Å². The van der Waals surface area contributed by atoms with E-state index >= 15 is 0 Å². The summed E-state index contributed by atoms with van der Waals surface area (Å²) in [6.07, 6.45) is 2.79. The zero-order chi connectivity index (χ0) is 11.8. The highest BCUT2D eigenvalue weighted by Crippen LogP contribution is 2.17. The second-order valence-corrected chi connectivity index (χ2v) is 5.08. The first-order valence-corrected chi connectivity index (χ1v) is 6.14. The summed E-state index contributed by atoms with van der Waals surface area (Å²) in [6.45, 7) is 11.2. The van der Waals surface area contributed by atoms with E-state index in [4.69, 9.17) is 4.74 Å². The molecular formula is C13H26O2. The molecule has 2 heteroatoms. The van der Waals surface area contributed by atoms with Crippen molar-refractivity contribution < 1.29 is 9.53 Å². The summed E-state index contributed by atoms with van der Waals surface area (Å²) in [6, 6.07) is 0. The SMILES string of the molecule is CCC(CC(C)C)C(=O)OCCC(C)C. The third-order valence-electron chi connectivity index (χ3n) is 2.52. The molecule has 0 aromatic carbocycles. The molecule has 0 spiro atoms. The minimum Gasteiger partial charge on any atom is -0.465 e. The van der Waals surface area contributed by atoms with Crippen molar-refractivity contribution in [3.05, 3.63) is 0 Å². The van der Waals surface area contributed by atoms with Gasteiger partial charge in [0.1, 0.15) is 0 Å². The molecule has 0 radical (unpaired) electrons. The lowest BCUT2D eigenvalue weighted by atomic mass is 9.95. The van der Waals surface area contributed by atoms with Crippen LogP contribution in [0.15, 0.2) is 0 Å². The largest absolute Gasteiger partial charge is 0.465 e. The molecule has 0 aliphatic heterocycles. The topological polar surface area (TPSA) is 26.3 Å². The molecule has 2 nitrogen and oxygen atoms in total. The van der Waals surface area contributed by atoms with E-state index < -0.39 is 0 Å². The van der Waals surface area contributed by atoms with Crippen LogP contribution in [0, 0.1) is 17.8 Å². The zero-order valence-corrected chi connectivity index (χ0v) is 10.9. The average Bonchev–Trinajstić information content (AvgIpc) is 2.13. The lowest BCUT2D eigenvalue weighted by molar-refractivity contribution is -0.149. The van der Waals surface area contributed by atoms with Gasteiger partial charge >= 0.3 is 5.97 Å². The first-order valence-electron chi connectivity index (χ1n) is 6.14. The Morgan fingerprint density at radius 2 is 1.73 bits per heavy atom. The number of carbonyl (C=O) groups excluding carboxylic acids is 1. The summed E-state index contributed by atoms with van der Waals surface area (Å²) < 4.78 is 5.27. The fraction of sp³-hybridized carbons (Fsp3) is 0.923. The first-order chi connectivity index (χ1) is 6.97. The Balaban J connectivity index is 3.83. The minimum atomic E-state index is -0.00755. The van der Waals surface area contributed by atoms with Gasteiger partial charge in [-0.15, -0.1) is 0 Å². The normalized spacial score (nSPS) is 13.3. The van der Waals surface area contributed by atoms with E-state index in [2.05, 4.69) is 34.6 Å². The Hall–Kier alpha value is -0.530. The molecule has 0 saturated carbocycles. The molecule has 0 heterocycles. The summed E-state index contributed by atoms with van der Waals surface area (Å²) in [4.78, 5) is 11.7. The highest BCUT2D eigenvalue weighted by Gasteiger charge is 2.18. The maximum absolute atomic E-state index is 11.7.